The lowest BCUT2D eigenvalue weighted by molar-refractivity contribution is -0.131. The molecule has 0 saturated carbocycles. The third-order valence-electron chi connectivity index (χ3n) is 3.89. The van der Waals surface area contributed by atoms with Crippen LogP contribution in [-0.4, -0.2) is 24.8 Å². The van der Waals surface area contributed by atoms with Crippen LogP contribution >= 0.6 is 0 Å². The van der Waals surface area contributed by atoms with Crippen molar-refractivity contribution in [3.05, 3.63) is 53.6 Å². The van der Waals surface area contributed by atoms with Gasteiger partial charge in [-0.3, -0.25) is 4.79 Å². The summed E-state index contributed by atoms with van der Waals surface area (Å²) in [4.78, 5) is 11.0. The van der Waals surface area contributed by atoms with E-state index < -0.39 is 12.1 Å². The van der Waals surface area contributed by atoms with Gasteiger partial charge in [-0.1, -0.05) is 12.1 Å². The smallest absolute Gasteiger partial charge is 0.308 e. The van der Waals surface area contributed by atoms with Crippen molar-refractivity contribution in [2.24, 2.45) is 0 Å². The molecular formula is C18H18O5. The topological polar surface area (TPSA) is 65.0 Å². The van der Waals surface area contributed by atoms with Gasteiger partial charge in [0, 0.05) is 24.5 Å². The van der Waals surface area contributed by atoms with E-state index >= 15 is 0 Å². The Labute approximate surface area is 134 Å². The summed E-state index contributed by atoms with van der Waals surface area (Å²) in [6.07, 6.45) is -0.697. The molecule has 0 amide bonds. The molecule has 0 saturated heterocycles. The van der Waals surface area contributed by atoms with Crippen LogP contribution < -0.4 is 14.2 Å². The van der Waals surface area contributed by atoms with Gasteiger partial charge in [0.2, 0.25) is 0 Å². The molecule has 1 aliphatic rings. The average Bonchev–Trinajstić information content (AvgIpc) is 2.54. The first-order valence-electron chi connectivity index (χ1n) is 7.35. The van der Waals surface area contributed by atoms with Gasteiger partial charge in [0.05, 0.1) is 19.8 Å². The van der Waals surface area contributed by atoms with Crippen molar-refractivity contribution in [1.29, 1.82) is 0 Å². The van der Waals surface area contributed by atoms with Crippen molar-refractivity contribution in [1.82, 2.24) is 0 Å². The number of fused-ring (bicyclic) bond motifs is 1. The van der Waals surface area contributed by atoms with Crippen LogP contribution in [0.2, 0.25) is 0 Å². The second-order valence-corrected chi connectivity index (χ2v) is 5.43. The van der Waals surface area contributed by atoms with E-state index in [1.54, 1.807) is 25.3 Å². The van der Waals surface area contributed by atoms with Crippen LogP contribution in [-0.2, 0) is 4.79 Å². The normalized spacial score (nSPS) is 19.4. The number of ether oxygens (including phenoxy) is 3. The molecule has 2 atom stereocenters. The highest BCUT2D eigenvalue weighted by Gasteiger charge is 2.31. The molecule has 0 bridgehead atoms. The minimum atomic E-state index is -0.697. The van der Waals surface area contributed by atoms with Crippen LogP contribution in [0.25, 0.3) is 0 Å². The Balaban J connectivity index is 1.88. The Bertz CT molecular complexity index is 725. The van der Waals surface area contributed by atoms with Crippen LogP contribution in [0.5, 0.6) is 17.2 Å². The van der Waals surface area contributed by atoms with E-state index in [2.05, 4.69) is 0 Å². The number of methoxy groups -OCH3 is 1. The average molecular weight is 314 g/mol. The number of benzene rings is 2. The first kappa shape index (κ1) is 15.4. The molecule has 0 fully saturated rings. The van der Waals surface area contributed by atoms with Crippen molar-refractivity contribution in [2.45, 2.75) is 18.9 Å². The largest absolute Gasteiger partial charge is 0.497 e. The molecule has 120 valence electrons. The third-order valence-corrected chi connectivity index (χ3v) is 3.89. The zero-order chi connectivity index (χ0) is 16.4. The van der Waals surface area contributed by atoms with E-state index in [0.717, 1.165) is 11.3 Å². The fourth-order valence-electron chi connectivity index (χ4n) is 2.75. The fourth-order valence-corrected chi connectivity index (χ4v) is 2.75. The van der Waals surface area contributed by atoms with E-state index in [-0.39, 0.29) is 5.92 Å². The van der Waals surface area contributed by atoms with Crippen molar-refractivity contribution < 1.29 is 24.1 Å². The van der Waals surface area contributed by atoms with Crippen LogP contribution in [0, 0.1) is 0 Å². The molecule has 1 aliphatic heterocycles. The number of hydrogen-bond donors (Lipinski definition) is 1. The van der Waals surface area contributed by atoms with Crippen LogP contribution in [0.15, 0.2) is 42.5 Å². The molecule has 0 aromatic heterocycles. The van der Waals surface area contributed by atoms with E-state index in [1.165, 1.54) is 6.92 Å². The summed E-state index contributed by atoms with van der Waals surface area (Å²) in [5, 5.41) is 10.7. The highest BCUT2D eigenvalue weighted by molar-refractivity contribution is 5.69. The van der Waals surface area contributed by atoms with Gasteiger partial charge < -0.3 is 19.3 Å². The summed E-state index contributed by atoms with van der Waals surface area (Å²) in [5.74, 6) is 1.11. The molecule has 1 heterocycles. The monoisotopic (exact) mass is 314 g/mol. The van der Waals surface area contributed by atoms with Crippen LogP contribution in [0.3, 0.4) is 0 Å². The van der Waals surface area contributed by atoms with Gasteiger partial charge in [-0.05, 0) is 29.8 Å². The summed E-state index contributed by atoms with van der Waals surface area (Å²) in [5.41, 5.74) is 1.63. The number of aliphatic hydroxyl groups is 1. The lowest BCUT2D eigenvalue weighted by atomic mass is 9.87. The van der Waals surface area contributed by atoms with Gasteiger partial charge in [0.25, 0.3) is 0 Å². The zero-order valence-electron chi connectivity index (χ0n) is 13.0. The number of carbonyl (C=O) groups is 1. The Morgan fingerprint density at radius 2 is 2.04 bits per heavy atom. The summed E-state index contributed by atoms with van der Waals surface area (Å²) < 4.78 is 16.0. The van der Waals surface area contributed by atoms with Gasteiger partial charge >= 0.3 is 5.97 Å². The lowest BCUT2D eigenvalue weighted by Crippen LogP contribution is -2.24. The molecule has 0 radical (unpaired) electrons. The van der Waals surface area contributed by atoms with Gasteiger partial charge in [-0.25, -0.2) is 0 Å². The Morgan fingerprint density at radius 3 is 2.78 bits per heavy atom. The maximum atomic E-state index is 11.0. The summed E-state index contributed by atoms with van der Waals surface area (Å²) in [6, 6.07) is 12.6. The molecule has 0 aliphatic carbocycles. The maximum absolute atomic E-state index is 11.0. The van der Waals surface area contributed by atoms with Crippen molar-refractivity contribution in [3.63, 3.8) is 0 Å². The summed E-state index contributed by atoms with van der Waals surface area (Å²) >= 11 is 0. The Hall–Kier alpha value is -2.53. The molecule has 2 aromatic rings. The van der Waals surface area contributed by atoms with Gasteiger partial charge in [0.15, 0.2) is 0 Å². The fraction of sp³-hybridized carbons (Fsp3) is 0.278. The second-order valence-electron chi connectivity index (χ2n) is 5.43. The number of esters is 1. The molecule has 5 heteroatoms. The third kappa shape index (κ3) is 3.14. The predicted octanol–water partition coefficient (Wildman–Crippen LogP) is 2.83. The maximum Gasteiger partial charge on any atom is 0.308 e. The Kier molecular flexibility index (Phi) is 4.21. The first-order valence-corrected chi connectivity index (χ1v) is 7.35. The van der Waals surface area contributed by atoms with Crippen LogP contribution in [0.1, 0.15) is 30.1 Å². The molecule has 23 heavy (non-hydrogen) atoms. The van der Waals surface area contributed by atoms with E-state index in [1.807, 2.05) is 24.3 Å². The Morgan fingerprint density at radius 1 is 1.22 bits per heavy atom. The quantitative estimate of drug-likeness (QED) is 0.697. The number of rotatable bonds is 3. The zero-order valence-corrected chi connectivity index (χ0v) is 13.0. The molecule has 2 unspecified atom stereocenters. The minimum Gasteiger partial charge on any atom is -0.497 e. The van der Waals surface area contributed by atoms with E-state index in [0.29, 0.717) is 23.7 Å². The van der Waals surface area contributed by atoms with Gasteiger partial charge in [-0.2, -0.15) is 0 Å². The number of carbonyl (C=O) groups excluding carboxylic acids is 1. The van der Waals surface area contributed by atoms with Crippen molar-refractivity contribution in [3.8, 4) is 17.2 Å². The second kappa shape index (κ2) is 6.30. The molecule has 3 rings (SSSR count). The molecule has 0 spiro atoms. The molecular weight excluding hydrogens is 296 g/mol. The van der Waals surface area contributed by atoms with Crippen molar-refractivity contribution in [2.75, 3.05) is 13.7 Å². The number of hydrogen-bond acceptors (Lipinski definition) is 5. The summed E-state index contributed by atoms with van der Waals surface area (Å²) in [7, 11) is 1.61. The van der Waals surface area contributed by atoms with Crippen molar-refractivity contribution >= 4 is 5.97 Å². The summed E-state index contributed by atoms with van der Waals surface area (Å²) in [6.45, 7) is 1.68. The van der Waals surface area contributed by atoms with Crippen LogP contribution in [0.4, 0.5) is 0 Å². The standard InChI is InChI=1S/C18H18O5/c1-11(19)23-14-6-7-15-17(9-14)22-10-16(18(15)20)12-4-3-5-13(8-12)21-2/h3-9,16,18,20H,10H2,1-2H3. The SMILES string of the molecule is COc1cccc(C2COc3cc(OC(C)=O)ccc3C2O)c1. The number of aliphatic hydroxyl groups excluding tert-OH is 1. The first-order chi connectivity index (χ1) is 11.1. The molecule has 5 nitrogen and oxygen atoms in total. The highest BCUT2D eigenvalue weighted by atomic mass is 16.5. The van der Waals surface area contributed by atoms with E-state index in [9.17, 15) is 9.90 Å². The van der Waals surface area contributed by atoms with Gasteiger partial charge in [0.1, 0.15) is 17.2 Å². The lowest BCUT2D eigenvalue weighted by Gasteiger charge is -2.31. The predicted molar refractivity (Wildman–Crippen MR) is 83.9 cm³/mol. The minimum absolute atomic E-state index is 0.183. The van der Waals surface area contributed by atoms with Gasteiger partial charge in [-0.15, -0.1) is 0 Å². The van der Waals surface area contributed by atoms with E-state index in [4.69, 9.17) is 14.2 Å². The highest BCUT2D eigenvalue weighted by Crippen LogP contribution is 2.42. The molecule has 2 aromatic carbocycles. The molecule has 1 N–H and O–H groups in total.